The Hall–Kier alpha value is -1.87. The molecule has 5 nitrogen and oxygen atoms in total. The Balaban J connectivity index is 1.53. The third-order valence-electron chi connectivity index (χ3n) is 4.37. The van der Waals surface area contributed by atoms with Crippen LogP contribution in [0.15, 0.2) is 46.7 Å². The van der Waals surface area contributed by atoms with E-state index in [0.29, 0.717) is 23.0 Å². The van der Waals surface area contributed by atoms with Gasteiger partial charge in [-0.1, -0.05) is 31.9 Å². The summed E-state index contributed by atoms with van der Waals surface area (Å²) in [5, 5.41) is 17.7. The number of nitrogens with zero attached hydrogens (tertiary/aromatic N) is 1. The number of rotatable bonds is 12. The minimum Gasteiger partial charge on any atom is -0.396 e. The molecule has 0 saturated carbocycles. The number of aromatic nitrogens is 1. The van der Waals surface area contributed by atoms with E-state index in [9.17, 15) is 4.79 Å². The number of para-hydroxylation sites is 1. The smallest absolute Gasteiger partial charge is 0.267 e. The van der Waals surface area contributed by atoms with E-state index in [1.54, 1.807) is 0 Å². The maximum atomic E-state index is 12.5. The second-order valence-electron chi connectivity index (χ2n) is 6.74. The summed E-state index contributed by atoms with van der Waals surface area (Å²) in [6.07, 6.45) is 4.24. The number of thiazole rings is 1. The Kier molecular flexibility index (Phi) is 9.20. The zero-order valence-electron chi connectivity index (χ0n) is 17.0. The van der Waals surface area contributed by atoms with Crippen molar-refractivity contribution < 1.29 is 9.90 Å². The molecule has 2 heterocycles. The zero-order valence-corrected chi connectivity index (χ0v) is 19.5. The fraction of sp³-hybridized carbons (Fsp3) is 0.364. The molecule has 0 aliphatic heterocycles. The molecule has 0 unspecified atom stereocenters. The molecule has 0 aliphatic carbocycles. The van der Waals surface area contributed by atoms with Crippen LogP contribution in [-0.2, 0) is 13.0 Å². The highest BCUT2D eigenvalue weighted by Gasteiger charge is 2.12. The van der Waals surface area contributed by atoms with Crippen LogP contribution in [0.5, 0.6) is 0 Å². The topological polar surface area (TPSA) is 74.2 Å². The number of nitrogens with one attached hydrogen (secondary N) is 2. The van der Waals surface area contributed by atoms with E-state index in [4.69, 9.17) is 5.11 Å². The standard InChI is InChI=1S/C22H27N3O2S3/c1-2-3-6-13-28-19-8-5-4-7-18(19)23-14-17-9-10-20(30-17)21(27)25-22-24-16(11-12-26)15-29-22/h4-5,7-10,15,23,26H,2-3,6,11-14H2,1H3,(H,24,25,27). The maximum absolute atomic E-state index is 12.5. The monoisotopic (exact) mass is 461 g/mol. The Labute approximate surface area is 190 Å². The number of carbonyl (C=O) groups is 1. The van der Waals surface area contributed by atoms with Crippen molar-refractivity contribution in [1.29, 1.82) is 0 Å². The number of benzene rings is 1. The molecule has 3 aromatic rings. The van der Waals surface area contributed by atoms with Crippen molar-refractivity contribution in [3.05, 3.63) is 57.2 Å². The van der Waals surface area contributed by atoms with Crippen LogP contribution in [0.1, 0.15) is 46.4 Å². The SMILES string of the molecule is CCCCCSc1ccccc1NCc1ccc(C(=O)Nc2nc(CCO)cs2)s1. The quantitative estimate of drug-likeness (QED) is 0.232. The fourth-order valence-electron chi connectivity index (χ4n) is 2.80. The summed E-state index contributed by atoms with van der Waals surface area (Å²) < 4.78 is 0. The molecule has 0 bridgehead atoms. The lowest BCUT2D eigenvalue weighted by atomic mass is 10.3. The van der Waals surface area contributed by atoms with Crippen molar-refractivity contribution in [2.75, 3.05) is 23.0 Å². The van der Waals surface area contributed by atoms with Gasteiger partial charge in [-0.3, -0.25) is 10.1 Å². The van der Waals surface area contributed by atoms with Gasteiger partial charge in [0.25, 0.3) is 5.91 Å². The van der Waals surface area contributed by atoms with Crippen LogP contribution in [-0.4, -0.2) is 28.4 Å². The van der Waals surface area contributed by atoms with Crippen LogP contribution in [0.3, 0.4) is 0 Å². The second kappa shape index (κ2) is 12.1. The zero-order chi connectivity index (χ0) is 21.2. The summed E-state index contributed by atoms with van der Waals surface area (Å²) in [6, 6.07) is 12.2. The Bertz CT molecular complexity index is 939. The third kappa shape index (κ3) is 6.84. The van der Waals surface area contributed by atoms with E-state index in [0.717, 1.165) is 22.0 Å². The molecule has 3 rings (SSSR count). The molecule has 0 atom stereocenters. The van der Waals surface area contributed by atoms with E-state index < -0.39 is 0 Å². The minimum atomic E-state index is -0.150. The van der Waals surface area contributed by atoms with Gasteiger partial charge in [-0.05, 0) is 36.4 Å². The summed E-state index contributed by atoms with van der Waals surface area (Å²) in [5.74, 6) is 0.982. The Morgan fingerprint density at radius 1 is 1.20 bits per heavy atom. The summed E-state index contributed by atoms with van der Waals surface area (Å²) >= 11 is 4.75. The van der Waals surface area contributed by atoms with Crippen LogP contribution in [0, 0.1) is 0 Å². The van der Waals surface area contributed by atoms with Gasteiger partial charge < -0.3 is 10.4 Å². The van der Waals surface area contributed by atoms with Crippen molar-refractivity contribution in [3.63, 3.8) is 0 Å². The summed E-state index contributed by atoms with van der Waals surface area (Å²) in [6.45, 7) is 2.96. The molecule has 30 heavy (non-hydrogen) atoms. The van der Waals surface area contributed by atoms with Gasteiger partial charge in [0.1, 0.15) is 0 Å². The van der Waals surface area contributed by atoms with E-state index in [1.807, 2.05) is 35.3 Å². The summed E-state index contributed by atoms with van der Waals surface area (Å²) in [7, 11) is 0. The molecule has 160 valence electrons. The molecular weight excluding hydrogens is 434 g/mol. The van der Waals surface area contributed by atoms with E-state index in [2.05, 4.69) is 40.7 Å². The van der Waals surface area contributed by atoms with Crippen molar-refractivity contribution in [2.24, 2.45) is 0 Å². The molecule has 1 aromatic carbocycles. The van der Waals surface area contributed by atoms with Gasteiger partial charge in [-0.15, -0.1) is 34.4 Å². The lowest BCUT2D eigenvalue weighted by Crippen LogP contribution is -2.10. The number of amides is 1. The molecule has 0 aliphatic rings. The number of hydrogen-bond acceptors (Lipinski definition) is 7. The van der Waals surface area contributed by atoms with Crippen LogP contribution < -0.4 is 10.6 Å². The van der Waals surface area contributed by atoms with Crippen LogP contribution in [0.25, 0.3) is 0 Å². The molecule has 0 spiro atoms. The molecular formula is C22H27N3O2S3. The largest absolute Gasteiger partial charge is 0.396 e. The molecule has 0 saturated heterocycles. The van der Waals surface area contributed by atoms with Crippen molar-refractivity contribution >= 4 is 51.2 Å². The van der Waals surface area contributed by atoms with E-state index in [1.165, 1.54) is 46.8 Å². The molecule has 1 amide bonds. The van der Waals surface area contributed by atoms with Gasteiger partial charge in [-0.2, -0.15) is 0 Å². The Morgan fingerprint density at radius 2 is 2.07 bits per heavy atom. The average Bonchev–Trinajstić information content (AvgIpc) is 3.40. The Morgan fingerprint density at radius 3 is 2.90 bits per heavy atom. The summed E-state index contributed by atoms with van der Waals surface area (Å²) in [4.78, 5) is 19.8. The fourth-order valence-corrected chi connectivity index (χ4v) is 5.42. The van der Waals surface area contributed by atoms with Crippen molar-refractivity contribution in [2.45, 2.75) is 44.0 Å². The first kappa shape index (κ1) is 22.8. The normalized spacial score (nSPS) is 10.9. The highest BCUT2D eigenvalue weighted by atomic mass is 32.2. The number of anilines is 2. The highest BCUT2D eigenvalue weighted by Crippen LogP contribution is 2.29. The number of hydrogen-bond donors (Lipinski definition) is 3. The number of unbranched alkanes of at least 4 members (excludes halogenated alkanes) is 2. The van der Waals surface area contributed by atoms with Crippen molar-refractivity contribution in [3.8, 4) is 0 Å². The number of aliphatic hydroxyl groups excluding tert-OH is 1. The minimum absolute atomic E-state index is 0.0543. The first-order valence-corrected chi connectivity index (χ1v) is 12.8. The van der Waals surface area contributed by atoms with Gasteiger partial charge in [-0.25, -0.2) is 4.98 Å². The molecule has 8 heteroatoms. The van der Waals surface area contributed by atoms with Crippen LogP contribution >= 0.6 is 34.4 Å². The van der Waals surface area contributed by atoms with Gasteiger partial charge in [0.2, 0.25) is 0 Å². The lowest BCUT2D eigenvalue weighted by molar-refractivity contribution is 0.103. The van der Waals surface area contributed by atoms with E-state index >= 15 is 0 Å². The number of aliphatic hydroxyl groups is 1. The highest BCUT2D eigenvalue weighted by molar-refractivity contribution is 7.99. The average molecular weight is 462 g/mol. The first-order chi connectivity index (χ1) is 14.7. The van der Waals surface area contributed by atoms with Gasteiger partial charge in [0.15, 0.2) is 5.13 Å². The summed E-state index contributed by atoms with van der Waals surface area (Å²) in [5.41, 5.74) is 1.93. The van der Waals surface area contributed by atoms with Gasteiger partial charge >= 0.3 is 0 Å². The molecule has 0 fully saturated rings. The third-order valence-corrected chi connectivity index (χ3v) is 7.42. The number of thiophene rings is 1. The van der Waals surface area contributed by atoms with E-state index in [-0.39, 0.29) is 12.5 Å². The van der Waals surface area contributed by atoms with Crippen LogP contribution in [0.2, 0.25) is 0 Å². The van der Waals surface area contributed by atoms with Gasteiger partial charge in [0, 0.05) is 40.4 Å². The van der Waals surface area contributed by atoms with Crippen molar-refractivity contribution in [1.82, 2.24) is 4.98 Å². The maximum Gasteiger partial charge on any atom is 0.267 e. The predicted octanol–water partition coefficient (Wildman–Crippen LogP) is 5.89. The second-order valence-corrected chi connectivity index (χ2v) is 9.91. The number of thioether (sulfide) groups is 1. The molecule has 0 radical (unpaired) electrons. The van der Waals surface area contributed by atoms with Gasteiger partial charge in [0.05, 0.1) is 10.6 Å². The van der Waals surface area contributed by atoms with Crippen LogP contribution in [0.4, 0.5) is 10.8 Å². The predicted molar refractivity (Wildman–Crippen MR) is 129 cm³/mol. The first-order valence-electron chi connectivity index (χ1n) is 10.1. The molecule has 2 aromatic heterocycles. The molecule has 3 N–H and O–H groups in total. The lowest BCUT2D eigenvalue weighted by Gasteiger charge is -2.11. The number of carbonyl (C=O) groups excluding carboxylic acids is 1.